The van der Waals surface area contributed by atoms with Crippen molar-refractivity contribution in [2.75, 3.05) is 0 Å². The van der Waals surface area contributed by atoms with Crippen molar-refractivity contribution in [3.8, 4) is 11.8 Å². The Hall–Kier alpha value is -2.35. The fraction of sp³-hybridized carbons (Fsp3) is 0.400. The molecule has 1 aromatic carbocycles. The predicted octanol–water partition coefficient (Wildman–Crippen LogP) is 3.28. The molecule has 2 aromatic rings. The Bertz CT molecular complexity index is 614. The van der Waals surface area contributed by atoms with Crippen LogP contribution >= 0.6 is 0 Å². The average Bonchev–Trinajstić information content (AvgIpc) is 2.86. The maximum absolute atomic E-state index is 8.85. The number of hydrogen-bond donors (Lipinski definition) is 0. The molecule has 0 aliphatic rings. The first-order valence-corrected chi connectivity index (χ1v) is 6.57. The van der Waals surface area contributed by atoms with E-state index in [0.29, 0.717) is 29.0 Å². The molecule has 0 aliphatic carbocycles. The van der Waals surface area contributed by atoms with E-state index in [1.165, 1.54) is 0 Å². The van der Waals surface area contributed by atoms with Gasteiger partial charge in [-0.25, -0.2) is 0 Å². The summed E-state index contributed by atoms with van der Waals surface area (Å²) >= 11 is 0. The topological polar surface area (TPSA) is 71.9 Å². The minimum absolute atomic E-state index is 0.350. The maximum atomic E-state index is 8.85. The second-order valence-corrected chi connectivity index (χ2v) is 5.03. The molecule has 1 heterocycles. The molecular weight excluding hydrogens is 254 g/mol. The summed E-state index contributed by atoms with van der Waals surface area (Å²) in [6.07, 6.45) is 0.404. The number of rotatable bonds is 5. The lowest BCUT2D eigenvalue weighted by atomic mass is 10.1. The molecule has 0 saturated heterocycles. The van der Waals surface area contributed by atoms with Crippen LogP contribution in [0.25, 0.3) is 0 Å². The Labute approximate surface area is 118 Å². The summed E-state index contributed by atoms with van der Waals surface area (Å²) in [5, 5.41) is 16.9. The van der Waals surface area contributed by atoms with E-state index in [1.54, 1.807) is 24.3 Å². The van der Waals surface area contributed by atoms with Gasteiger partial charge in [0.1, 0.15) is 5.75 Å². The molecule has 5 heteroatoms. The van der Waals surface area contributed by atoms with Crippen LogP contribution in [0.3, 0.4) is 0 Å². The van der Waals surface area contributed by atoms with Crippen molar-refractivity contribution in [3.05, 3.63) is 41.6 Å². The van der Waals surface area contributed by atoms with E-state index in [-0.39, 0.29) is 6.10 Å². The van der Waals surface area contributed by atoms with Crippen molar-refractivity contribution >= 4 is 0 Å². The molecule has 2 rings (SSSR count). The van der Waals surface area contributed by atoms with Crippen LogP contribution in [0.5, 0.6) is 5.75 Å². The molecule has 0 N–H and O–H groups in total. The number of benzene rings is 1. The van der Waals surface area contributed by atoms with Gasteiger partial charge in [-0.1, -0.05) is 19.9 Å². The molecular formula is C15H17N3O2. The van der Waals surface area contributed by atoms with Crippen LogP contribution in [0.4, 0.5) is 0 Å². The highest BCUT2D eigenvalue weighted by Crippen LogP contribution is 2.22. The second kappa shape index (κ2) is 6.20. The van der Waals surface area contributed by atoms with Crippen molar-refractivity contribution in [2.24, 2.45) is 5.92 Å². The van der Waals surface area contributed by atoms with E-state index in [9.17, 15) is 0 Å². The largest absolute Gasteiger partial charge is 0.481 e. The summed E-state index contributed by atoms with van der Waals surface area (Å²) in [5.74, 6) is 2.14. The molecule has 0 radical (unpaired) electrons. The molecule has 0 saturated carbocycles. The summed E-state index contributed by atoms with van der Waals surface area (Å²) in [5.41, 5.74) is 0.556. The Morgan fingerprint density at radius 1 is 1.30 bits per heavy atom. The van der Waals surface area contributed by atoms with E-state index in [0.717, 1.165) is 6.42 Å². The molecule has 20 heavy (non-hydrogen) atoms. The lowest BCUT2D eigenvalue weighted by molar-refractivity contribution is 0.185. The molecule has 104 valence electrons. The minimum atomic E-state index is -0.350. The first-order chi connectivity index (χ1) is 9.58. The van der Waals surface area contributed by atoms with Crippen LogP contribution in [0, 0.1) is 17.2 Å². The number of nitriles is 1. The fourth-order valence-electron chi connectivity index (χ4n) is 1.76. The molecule has 0 spiro atoms. The third-order valence-electron chi connectivity index (χ3n) is 2.69. The zero-order chi connectivity index (χ0) is 14.5. The third-order valence-corrected chi connectivity index (χ3v) is 2.69. The minimum Gasteiger partial charge on any atom is -0.481 e. The SMILES string of the molecule is CC(C)Cc1nnc([C@@H](C)Oc2cccc(C#N)c2)o1. The summed E-state index contributed by atoms with van der Waals surface area (Å²) in [6.45, 7) is 6.03. The highest BCUT2D eigenvalue weighted by molar-refractivity contribution is 5.36. The van der Waals surface area contributed by atoms with Gasteiger partial charge in [0.2, 0.25) is 5.89 Å². The lowest BCUT2D eigenvalue weighted by Gasteiger charge is -2.10. The zero-order valence-electron chi connectivity index (χ0n) is 11.8. The zero-order valence-corrected chi connectivity index (χ0v) is 11.8. The highest BCUT2D eigenvalue weighted by Gasteiger charge is 2.16. The van der Waals surface area contributed by atoms with Crippen LogP contribution in [0.2, 0.25) is 0 Å². The molecule has 0 bridgehead atoms. The fourth-order valence-corrected chi connectivity index (χ4v) is 1.76. The number of aromatic nitrogens is 2. The van der Waals surface area contributed by atoms with Crippen LogP contribution < -0.4 is 4.74 Å². The average molecular weight is 271 g/mol. The molecule has 0 amide bonds. The van der Waals surface area contributed by atoms with Crippen molar-refractivity contribution in [1.82, 2.24) is 10.2 Å². The van der Waals surface area contributed by atoms with Gasteiger partial charge in [-0.3, -0.25) is 0 Å². The van der Waals surface area contributed by atoms with Gasteiger partial charge in [0.05, 0.1) is 11.6 Å². The number of hydrogen-bond acceptors (Lipinski definition) is 5. The van der Waals surface area contributed by atoms with Crippen molar-refractivity contribution in [2.45, 2.75) is 33.3 Å². The highest BCUT2D eigenvalue weighted by atomic mass is 16.5. The standard InChI is InChI=1S/C15H17N3O2/c1-10(2)7-14-17-18-15(20-14)11(3)19-13-6-4-5-12(8-13)9-16/h4-6,8,10-11H,7H2,1-3H3/t11-/m1/s1. The van der Waals surface area contributed by atoms with Gasteiger partial charge in [0, 0.05) is 6.42 Å². The van der Waals surface area contributed by atoms with Gasteiger partial charge in [-0.2, -0.15) is 5.26 Å². The Balaban J connectivity index is 2.05. The van der Waals surface area contributed by atoms with E-state index < -0.39 is 0 Å². The summed E-state index contributed by atoms with van der Waals surface area (Å²) in [7, 11) is 0. The van der Waals surface area contributed by atoms with E-state index in [1.807, 2.05) is 6.92 Å². The maximum Gasteiger partial charge on any atom is 0.256 e. The molecule has 1 atom stereocenters. The number of nitrogens with zero attached hydrogens (tertiary/aromatic N) is 3. The molecule has 1 aromatic heterocycles. The predicted molar refractivity (Wildman–Crippen MR) is 73.0 cm³/mol. The monoisotopic (exact) mass is 271 g/mol. The van der Waals surface area contributed by atoms with Gasteiger partial charge in [0.25, 0.3) is 5.89 Å². The van der Waals surface area contributed by atoms with Gasteiger partial charge in [-0.15, -0.1) is 10.2 Å². The van der Waals surface area contributed by atoms with Crippen LogP contribution in [0.1, 0.15) is 44.2 Å². The second-order valence-electron chi connectivity index (χ2n) is 5.03. The first kappa shape index (κ1) is 14.1. The van der Waals surface area contributed by atoms with E-state index in [4.69, 9.17) is 14.4 Å². The molecule has 5 nitrogen and oxygen atoms in total. The normalized spacial score (nSPS) is 12.2. The number of ether oxygens (including phenoxy) is 1. The quantitative estimate of drug-likeness (QED) is 0.834. The van der Waals surface area contributed by atoms with E-state index >= 15 is 0 Å². The van der Waals surface area contributed by atoms with Crippen molar-refractivity contribution < 1.29 is 9.15 Å². The van der Waals surface area contributed by atoms with Crippen molar-refractivity contribution in [3.63, 3.8) is 0 Å². The Morgan fingerprint density at radius 3 is 2.80 bits per heavy atom. The Kier molecular flexibility index (Phi) is 4.36. The molecule has 0 aliphatic heterocycles. The van der Waals surface area contributed by atoms with Gasteiger partial charge in [-0.05, 0) is 31.0 Å². The van der Waals surface area contributed by atoms with Gasteiger partial charge < -0.3 is 9.15 Å². The summed E-state index contributed by atoms with van der Waals surface area (Å²) < 4.78 is 11.3. The van der Waals surface area contributed by atoms with Crippen LogP contribution in [-0.4, -0.2) is 10.2 Å². The Morgan fingerprint density at radius 2 is 2.10 bits per heavy atom. The van der Waals surface area contributed by atoms with Crippen LogP contribution in [-0.2, 0) is 6.42 Å². The molecule has 0 unspecified atom stereocenters. The van der Waals surface area contributed by atoms with Crippen molar-refractivity contribution in [1.29, 1.82) is 5.26 Å². The van der Waals surface area contributed by atoms with Gasteiger partial charge in [0.15, 0.2) is 6.10 Å². The summed E-state index contributed by atoms with van der Waals surface area (Å²) in [6, 6.07) is 9.06. The summed E-state index contributed by atoms with van der Waals surface area (Å²) in [4.78, 5) is 0. The van der Waals surface area contributed by atoms with Gasteiger partial charge >= 0.3 is 0 Å². The lowest BCUT2D eigenvalue weighted by Crippen LogP contribution is -2.03. The molecule has 0 fully saturated rings. The first-order valence-electron chi connectivity index (χ1n) is 6.57. The van der Waals surface area contributed by atoms with E-state index in [2.05, 4.69) is 30.1 Å². The third kappa shape index (κ3) is 3.58. The smallest absolute Gasteiger partial charge is 0.256 e. The van der Waals surface area contributed by atoms with Crippen LogP contribution in [0.15, 0.2) is 28.7 Å².